The molecule has 0 spiro atoms. The first-order chi connectivity index (χ1) is 11.2. The van der Waals surface area contributed by atoms with E-state index in [0.717, 1.165) is 38.2 Å². The second kappa shape index (κ2) is 7.12. The van der Waals surface area contributed by atoms with Gasteiger partial charge in [0.05, 0.1) is 19.6 Å². The number of rotatable bonds is 4. The van der Waals surface area contributed by atoms with E-state index in [4.69, 9.17) is 9.47 Å². The largest absolute Gasteiger partial charge is 0.481 e. The number of aryl methyl sites for hydroxylation is 1. The summed E-state index contributed by atoms with van der Waals surface area (Å²) >= 11 is 0. The predicted octanol–water partition coefficient (Wildman–Crippen LogP) is 1.01. The van der Waals surface area contributed by atoms with Gasteiger partial charge in [-0.05, 0) is 19.8 Å². The third-order valence-electron chi connectivity index (χ3n) is 4.37. The molecule has 23 heavy (non-hydrogen) atoms. The lowest BCUT2D eigenvalue weighted by molar-refractivity contribution is -0.133. The van der Waals surface area contributed by atoms with Crippen LogP contribution in [0.4, 0.5) is 5.95 Å². The van der Waals surface area contributed by atoms with Gasteiger partial charge in [0.1, 0.15) is 0 Å². The molecule has 2 fully saturated rings. The molecule has 0 unspecified atom stereocenters. The van der Waals surface area contributed by atoms with Gasteiger partial charge in [-0.25, -0.2) is 4.98 Å². The molecule has 7 nitrogen and oxygen atoms in total. The standard InChI is InChI=1S/C16H24N4O3/c1-12-10-14(22-2)18-16(17-12)20-7-5-19(6-8-20)15(21)11-13-4-3-9-23-13/h10,13H,3-9,11H2,1-2H3/t13-/m0/s1. The lowest BCUT2D eigenvalue weighted by atomic mass is 10.1. The minimum Gasteiger partial charge on any atom is -0.481 e. The summed E-state index contributed by atoms with van der Waals surface area (Å²) in [5.74, 6) is 1.44. The number of anilines is 1. The topological polar surface area (TPSA) is 67.8 Å². The van der Waals surface area contributed by atoms with E-state index >= 15 is 0 Å². The number of carbonyl (C=O) groups is 1. The van der Waals surface area contributed by atoms with Gasteiger partial charge in [0.2, 0.25) is 17.7 Å². The maximum atomic E-state index is 12.3. The Labute approximate surface area is 136 Å². The Bertz CT molecular complexity index is 552. The van der Waals surface area contributed by atoms with Gasteiger partial charge in [0, 0.05) is 44.5 Å². The van der Waals surface area contributed by atoms with Crippen LogP contribution in [0.5, 0.6) is 5.88 Å². The second-order valence-electron chi connectivity index (χ2n) is 6.06. The maximum Gasteiger partial charge on any atom is 0.228 e. The average Bonchev–Trinajstić information content (AvgIpc) is 3.07. The third kappa shape index (κ3) is 3.90. The number of nitrogens with zero attached hydrogens (tertiary/aromatic N) is 4. The van der Waals surface area contributed by atoms with Crippen LogP contribution in [0.3, 0.4) is 0 Å². The third-order valence-corrected chi connectivity index (χ3v) is 4.37. The lowest BCUT2D eigenvalue weighted by Crippen LogP contribution is -2.49. The van der Waals surface area contributed by atoms with Crippen molar-refractivity contribution in [2.45, 2.75) is 32.3 Å². The number of methoxy groups -OCH3 is 1. The van der Waals surface area contributed by atoms with Crippen molar-refractivity contribution in [2.75, 3.05) is 44.8 Å². The van der Waals surface area contributed by atoms with Gasteiger partial charge >= 0.3 is 0 Å². The number of hydrogen-bond donors (Lipinski definition) is 0. The minimum atomic E-state index is 0.116. The van der Waals surface area contributed by atoms with Crippen molar-refractivity contribution in [2.24, 2.45) is 0 Å². The number of aromatic nitrogens is 2. The second-order valence-corrected chi connectivity index (χ2v) is 6.06. The first kappa shape index (κ1) is 16.0. The van der Waals surface area contributed by atoms with Crippen LogP contribution in [0.25, 0.3) is 0 Å². The van der Waals surface area contributed by atoms with Gasteiger partial charge in [-0.2, -0.15) is 4.98 Å². The molecule has 1 atom stereocenters. The van der Waals surface area contributed by atoms with Crippen molar-refractivity contribution in [1.82, 2.24) is 14.9 Å². The number of ether oxygens (including phenoxy) is 2. The summed E-state index contributed by atoms with van der Waals surface area (Å²) in [6.45, 7) is 5.59. The first-order valence-corrected chi connectivity index (χ1v) is 8.19. The number of hydrogen-bond acceptors (Lipinski definition) is 6. The van der Waals surface area contributed by atoms with Crippen LogP contribution in [0, 0.1) is 6.92 Å². The number of carbonyl (C=O) groups excluding carboxylic acids is 1. The van der Waals surface area contributed by atoms with E-state index in [-0.39, 0.29) is 12.0 Å². The van der Waals surface area contributed by atoms with Crippen LogP contribution in [0.1, 0.15) is 25.0 Å². The maximum absolute atomic E-state index is 12.3. The summed E-state index contributed by atoms with van der Waals surface area (Å²) < 4.78 is 10.8. The molecule has 7 heteroatoms. The average molecular weight is 320 g/mol. The van der Waals surface area contributed by atoms with Crippen molar-refractivity contribution in [3.8, 4) is 5.88 Å². The molecule has 1 amide bonds. The molecule has 126 valence electrons. The van der Waals surface area contributed by atoms with Crippen molar-refractivity contribution in [1.29, 1.82) is 0 Å². The zero-order chi connectivity index (χ0) is 16.2. The Morgan fingerprint density at radius 1 is 1.35 bits per heavy atom. The summed E-state index contributed by atoms with van der Waals surface area (Å²) in [6.07, 6.45) is 2.69. The van der Waals surface area contributed by atoms with E-state index < -0.39 is 0 Å². The quantitative estimate of drug-likeness (QED) is 0.825. The molecule has 2 saturated heterocycles. The van der Waals surface area contributed by atoms with E-state index in [1.165, 1.54) is 0 Å². The minimum absolute atomic E-state index is 0.116. The highest BCUT2D eigenvalue weighted by atomic mass is 16.5. The van der Waals surface area contributed by atoms with E-state index in [2.05, 4.69) is 14.9 Å². The molecule has 0 bridgehead atoms. The van der Waals surface area contributed by atoms with E-state index in [1.807, 2.05) is 17.9 Å². The molecule has 0 aliphatic carbocycles. The van der Waals surface area contributed by atoms with Gasteiger partial charge in [-0.15, -0.1) is 0 Å². The molecular weight excluding hydrogens is 296 g/mol. The Kier molecular flexibility index (Phi) is 4.95. The highest BCUT2D eigenvalue weighted by Gasteiger charge is 2.26. The Hall–Kier alpha value is -1.89. The van der Waals surface area contributed by atoms with Crippen molar-refractivity contribution >= 4 is 11.9 Å². The van der Waals surface area contributed by atoms with Crippen molar-refractivity contribution in [3.05, 3.63) is 11.8 Å². The highest BCUT2D eigenvalue weighted by molar-refractivity contribution is 5.77. The van der Waals surface area contributed by atoms with E-state index in [1.54, 1.807) is 7.11 Å². The fraction of sp³-hybridized carbons (Fsp3) is 0.688. The van der Waals surface area contributed by atoms with Gasteiger partial charge in [0.15, 0.2) is 0 Å². The first-order valence-electron chi connectivity index (χ1n) is 8.19. The Morgan fingerprint density at radius 3 is 2.78 bits per heavy atom. The van der Waals surface area contributed by atoms with Crippen LogP contribution in [0.15, 0.2) is 6.07 Å². The molecule has 3 rings (SSSR count). The summed E-state index contributed by atoms with van der Waals surface area (Å²) in [5.41, 5.74) is 0.878. The smallest absolute Gasteiger partial charge is 0.228 e. The SMILES string of the molecule is COc1cc(C)nc(N2CCN(C(=O)C[C@@H]3CCCO3)CC2)n1. The molecule has 2 aliphatic rings. The van der Waals surface area contributed by atoms with E-state index in [0.29, 0.717) is 31.3 Å². The normalized spacial score (nSPS) is 21.6. The summed E-state index contributed by atoms with van der Waals surface area (Å²) in [4.78, 5) is 25.2. The van der Waals surface area contributed by atoms with Crippen LogP contribution < -0.4 is 9.64 Å². The van der Waals surface area contributed by atoms with Crippen LogP contribution >= 0.6 is 0 Å². The molecule has 0 aromatic carbocycles. The van der Waals surface area contributed by atoms with Crippen LogP contribution in [-0.4, -0.2) is 66.8 Å². The molecule has 3 heterocycles. The van der Waals surface area contributed by atoms with Gasteiger partial charge in [0.25, 0.3) is 0 Å². The molecule has 0 radical (unpaired) electrons. The fourth-order valence-electron chi connectivity index (χ4n) is 3.06. The lowest BCUT2D eigenvalue weighted by Gasteiger charge is -2.35. The summed E-state index contributed by atoms with van der Waals surface area (Å²) in [7, 11) is 1.60. The van der Waals surface area contributed by atoms with Crippen LogP contribution in [-0.2, 0) is 9.53 Å². The molecule has 1 aromatic heterocycles. The molecule has 0 saturated carbocycles. The molecule has 2 aliphatic heterocycles. The zero-order valence-corrected chi connectivity index (χ0v) is 13.8. The van der Waals surface area contributed by atoms with Crippen molar-refractivity contribution < 1.29 is 14.3 Å². The predicted molar refractivity (Wildman–Crippen MR) is 85.7 cm³/mol. The van der Waals surface area contributed by atoms with Gasteiger partial charge < -0.3 is 19.3 Å². The Balaban J connectivity index is 1.55. The zero-order valence-electron chi connectivity index (χ0n) is 13.8. The highest BCUT2D eigenvalue weighted by Crippen LogP contribution is 2.19. The van der Waals surface area contributed by atoms with Crippen molar-refractivity contribution in [3.63, 3.8) is 0 Å². The fourth-order valence-corrected chi connectivity index (χ4v) is 3.06. The Morgan fingerprint density at radius 2 is 2.13 bits per heavy atom. The molecule has 1 aromatic rings. The monoisotopic (exact) mass is 320 g/mol. The van der Waals surface area contributed by atoms with Gasteiger partial charge in [-0.1, -0.05) is 0 Å². The molecular formula is C16H24N4O3. The van der Waals surface area contributed by atoms with Gasteiger partial charge in [-0.3, -0.25) is 4.79 Å². The van der Waals surface area contributed by atoms with Crippen LogP contribution in [0.2, 0.25) is 0 Å². The molecule has 0 N–H and O–H groups in total. The van der Waals surface area contributed by atoms with E-state index in [9.17, 15) is 4.79 Å². The summed E-state index contributed by atoms with van der Waals surface area (Å²) in [5, 5.41) is 0. The summed E-state index contributed by atoms with van der Waals surface area (Å²) in [6, 6.07) is 1.81. The number of amides is 1. The number of piperazine rings is 1.